The van der Waals surface area contributed by atoms with Crippen molar-refractivity contribution in [1.29, 1.82) is 0 Å². The summed E-state index contributed by atoms with van der Waals surface area (Å²) in [4.78, 5) is 11.4. The Morgan fingerprint density at radius 2 is 2.00 bits per heavy atom. The van der Waals surface area contributed by atoms with Crippen molar-refractivity contribution in [3.63, 3.8) is 0 Å². The molecule has 0 aliphatic carbocycles. The van der Waals surface area contributed by atoms with Crippen molar-refractivity contribution in [1.82, 2.24) is 5.32 Å². The van der Waals surface area contributed by atoms with Gasteiger partial charge in [-0.3, -0.25) is 0 Å². The number of carbonyl (C=O) groups excluding carboxylic acids is 1. The maximum Gasteiger partial charge on any atom is 0.407 e. The van der Waals surface area contributed by atoms with Gasteiger partial charge < -0.3 is 10.1 Å². The normalized spacial score (nSPS) is 13.4. The van der Waals surface area contributed by atoms with Crippen LogP contribution in [0, 0.1) is 0 Å². The first-order chi connectivity index (χ1) is 6.85. The van der Waals surface area contributed by atoms with Gasteiger partial charge in [0.1, 0.15) is 5.60 Å². The number of alkyl halides is 1. The van der Waals surface area contributed by atoms with Crippen LogP contribution in [0.15, 0.2) is 0 Å². The molecule has 0 fully saturated rings. The highest BCUT2D eigenvalue weighted by Crippen LogP contribution is 2.08. The molecule has 0 saturated heterocycles. The Kier molecular flexibility index (Phi) is 7.30. The molecule has 3 nitrogen and oxygen atoms in total. The van der Waals surface area contributed by atoms with Crippen LogP contribution in [-0.2, 0) is 4.74 Å². The zero-order valence-corrected chi connectivity index (χ0v) is 12.3. The highest BCUT2D eigenvalue weighted by atomic mass is 127. The SMILES string of the molecule is CC(CCCCI)NC(=O)OC(C)(C)C. The van der Waals surface area contributed by atoms with Crippen molar-refractivity contribution in [2.24, 2.45) is 0 Å². The lowest BCUT2D eigenvalue weighted by molar-refractivity contribution is 0.0506. The first-order valence-electron chi connectivity index (χ1n) is 5.40. The first kappa shape index (κ1) is 15.0. The molecule has 4 heteroatoms. The van der Waals surface area contributed by atoms with E-state index in [9.17, 15) is 4.79 Å². The van der Waals surface area contributed by atoms with E-state index in [1.807, 2.05) is 27.7 Å². The minimum atomic E-state index is -0.411. The fourth-order valence-electron chi connectivity index (χ4n) is 1.13. The van der Waals surface area contributed by atoms with Gasteiger partial charge in [-0.1, -0.05) is 29.0 Å². The zero-order chi connectivity index (χ0) is 11.9. The van der Waals surface area contributed by atoms with Gasteiger partial charge in [0.15, 0.2) is 0 Å². The number of amides is 1. The van der Waals surface area contributed by atoms with E-state index in [0.717, 1.165) is 12.8 Å². The number of ether oxygens (including phenoxy) is 1. The number of halogens is 1. The Morgan fingerprint density at radius 1 is 1.40 bits per heavy atom. The van der Waals surface area contributed by atoms with Gasteiger partial charge in [-0.25, -0.2) is 4.79 Å². The average molecular weight is 327 g/mol. The molecule has 1 amide bonds. The molecule has 0 spiro atoms. The van der Waals surface area contributed by atoms with Gasteiger partial charge in [0, 0.05) is 6.04 Å². The summed E-state index contributed by atoms with van der Waals surface area (Å²) in [6.07, 6.45) is 3.06. The second-order valence-corrected chi connectivity index (χ2v) is 5.81. The molecule has 0 aliphatic heterocycles. The van der Waals surface area contributed by atoms with Crippen LogP contribution < -0.4 is 5.32 Å². The minimum Gasteiger partial charge on any atom is -0.444 e. The van der Waals surface area contributed by atoms with Gasteiger partial charge in [-0.15, -0.1) is 0 Å². The smallest absolute Gasteiger partial charge is 0.407 e. The molecular weight excluding hydrogens is 305 g/mol. The van der Waals surface area contributed by atoms with E-state index in [1.165, 1.54) is 10.8 Å². The molecule has 1 unspecified atom stereocenters. The summed E-state index contributed by atoms with van der Waals surface area (Å²) < 4.78 is 6.34. The molecule has 0 aromatic rings. The van der Waals surface area contributed by atoms with Crippen LogP contribution in [0.4, 0.5) is 4.79 Å². The van der Waals surface area contributed by atoms with Gasteiger partial charge >= 0.3 is 6.09 Å². The fraction of sp³-hybridized carbons (Fsp3) is 0.909. The number of hydrogen-bond acceptors (Lipinski definition) is 2. The molecule has 0 radical (unpaired) electrons. The van der Waals surface area contributed by atoms with E-state index in [4.69, 9.17) is 4.74 Å². The van der Waals surface area contributed by atoms with Crippen molar-refractivity contribution >= 4 is 28.7 Å². The average Bonchev–Trinajstić information content (AvgIpc) is 2.00. The molecule has 0 heterocycles. The number of hydrogen-bond donors (Lipinski definition) is 1. The van der Waals surface area contributed by atoms with Gasteiger partial charge in [0.05, 0.1) is 0 Å². The predicted molar refractivity (Wildman–Crippen MR) is 71.6 cm³/mol. The maximum absolute atomic E-state index is 11.4. The van der Waals surface area contributed by atoms with Crippen molar-refractivity contribution in [3.05, 3.63) is 0 Å². The molecule has 90 valence electrons. The molecule has 1 N–H and O–H groups in total. The predicted octanol–water partition coefficient (Wildman–Crippen LogP) is 3.50. The Morgan fingerprint density at radius 3 is 2.47 bits per heavy atom. The molecule has 0 aliphatic rings. The lowest BCUT2D eigenvalue weighted by Crippen LogP contribution is -2.37. The molecule has 1 atom stereocenters. The zero-order valence-electron chi connectivity index (χ0n) is 10.1. The first-order valence-corrected chi connectivity index (χ1v) is 6.93. The van der Waals surface area contributed by atoms with Crippen LogP contribution in [0.1, 0.15) is 47.0 Å². The lowest BCUT2D eigenvalue weighted by atomic mass is 10.1. The van der Waals surface area contributed by atoms with E-state index < -0.39 is 5.60 Å². The third kappa shape index (κ3) is 10.3. The van der Waals surface area contributed by atoms with Crippen molar-refractivity contribution in [3.8, 4) is 0 Å². The van der Waals surface area contributed by atoms with E-state index in [1.54, 1.807) is 0 Å². The summed E-state index contributed by atoms with van der Waals surface area (Å²) >= 11 is 2.37. The molecule has 0 aromatic carbocycles. The second-order valence-electron chi connectivity index (χ2n) is 4.73. The quantitative estimate of drug-likeness (QED) is 0.477. The Balaban J connectivity index is 3.67. The number of alkyl carbamates (subject to hydrolysis) is 1. The largest absolute Gasteiger partial charge is 0.444 e. The number of carbonyl (C=O) groups is 1. The Bertz CT molecular complexity index is 190. The van der Waals surface area contributed by atoms with Gasteiger partial charge in [-0.2, -0.15) is 0 Å². The van der Waals surface area contributed by atoms with Crippen LogP contribution in [-0.4, -0.2) is 22.2 Å². The number of nitrogens with one attached hydrogen (secondary N) is 1. The summed E-state index contributed by atoms with van der Waals surface area (Å²) in [6, 6.07) is 0.197. The van der Waals surface area contributed by atoms with Crippen LogP contribution >= 0.6 is 22.6 Å². The summed E-state index contributed by atoms with van der Waals surface area (Å²) in [6.45, 7) is 7.62. The third-order valence-corrected chi connectivity index (χ3v) is 2.55. The van der Waals surface area contributed by atoms with Crippen LogP contribution in [0.5, 0.6) is 0 Å². The van der Waals surface area contributed by atoms with E-state index >= 15 is 0 Å². The summed E-state index contributed by atoms with van der Waals surface area (Å²) in [5.74, 6) is 0. The van der Waals surface area contributed by atoms with Crippen LogP contribution in [0.3, 0.4) is 0 Å². The summed E-state index contributed by atoms with van der Waals surface area (Å²) in [5.41, 5.74) is -0.411. The van der Waals surface area contributed by atoms with Gasteiger partial charge in [0.25, 0.3) is 0 Å². The van der Waals surface area contributed by atoms with E-state index in [2.05, 4.69) is 27.9 Å². The maximum atomic E-state index is 11.4. The summed E-state index contributed by atoms with van der Waals surface area (Å²) in [7, 11) is 0. The fourth-order valence-corrected chi connectivity index (χ4v) is 1.67. The van der Waals surface area contributed by atoms with Crippen molar-refractivity contribution in [2.45, 2.75) is 58.6 Å². The number of rotatable bonds is 5. The minimum absolute atomic E-state index is 0.197. The molecule has 0 rings (SSSR count). The molecule has 0 saturated carbocycles. The van der Waals surface area contributed by atoms with Crippen molar-refractivity contribution in [2.75, 3.05) is 4.43 Å². The topological polar surface area (TPSA) is 38.3 Å². The lowest BCUT2D eigenvalue weighted by Gasteiger charge is -2.21. The molecule has 15 heavy (non-hydrogen) atoms. The van der Waals surface area contributed by atoms with Crippen LogP contribution in [0.25, 0.3) is 0 Å². The summed E-state index contributed by atoms with van der Waals surface area (Å²) in [5, 5.41) is 2.83. The highest BCUT2D eigenvalue weighted by molar-refractivity contribution is 14.1. The number of unbranched alkanes of at least 4 members (excludes halogenated alkanes) is 1. The molecule has 0 bridgehead atoms. The second kappa shape index (κ2) is 7.30. The Labute approximate surface area is 106 Å². The van der Waals surface area contributed by atoms with Crippen LogP contribution in [0.2, 0.25) is 0 Å². The highest BCUT2D eigenvalue weighted by Gasteiger charge is 2.17. The van der Waals surface area contributed by atoms with Gasteiger partial charge in [0.2, 0.25) is 0 Å². The monoisotopic (exact) mass is 327 g/mol. The Hall–Kier alpha value is 0. The van der Waals surface area contributed by atoms with Gasteiger partial charge in [-0.05, 0) is 45.0 Å². The molecule has 0 aromatic heterocycles. The van der Waals surface area contributed by atoms with E-state index in [-0.39, 0.29) is 12.1 Å². The van der Waals surface area contributed by atoms with Crippen molar-refractivity contribution < 1.29 is 9.53 Å². The van der Waals surface area contributed by atoms with E-state index in [0.29, 0.717) is 0 Å². The third-order valence-electron chi connectivity index (χ3n) is 1.78. The standard InChI is InChI=1S/C11H22INO2/c1-9(7-5-6-8-12)13-10(14)15-11(2,3)4/h9H,5-8H2,1-4H3,(H,13,14). The molecular formula is C11H22INO2.